The second-order valence-electron chi connectivity index (χ2n) is 29.2. The third kappa shape index (κ3) is 30.4. The lowest BCUT2D eigenvalue weighted by Gasteiger charge is -2.50. The van der Waals surface area contributed by atoms with Gasteiger partial charge in [-0.3, -0.25) is 9.59 Å². The Bertz CT molecular complexity index is 2250. The molecule has 30 nitrogen and oxygen atoms in total. The Balaban J connectivity index is 1.18. The Morgan fingerprint density at radius 2 is 0.712 bits per heavy atom. The van der Waals surface area contributed by atoms with Crippen LogP contribution in [-0.2, 0) is 57.0 Å². The number of carbonyl (C=O) groups excluding carboxylic acids is 2. The summed E-state index contributed by atoms with van der Waals surface area (Å²) < 4.78 is 58.5. The number of ether oxygens (including phenoxy) is 10. The molecule has 0 aromatic rings. The number of rotatable bonds is 54. The number of aliphatic hydroxyl groups excluding tert-OH is 16. The molecule has 104 heavy (non-hydrogen) atoms. The van der Waals surface area contributed by atoms with E-state index in [0.717, 1.165) is 58.3 Å². The highest BCUT2D eigenvalue weighted by atomic mass is 16.8. The molecule has 18 N–H and O–H groups in total. The van der Waals surface area contributed by atoms with Crippen molar-refractivity contribution in [2.75, 3.05) is 39.6 Å². The van der Waals surface area contributed by atoms with Crippen LogP contribution >= 0.6 is 0 Å². The fraction of sp³-hybridized carbons (Fsp3) is 0.946. The lowest BCUT2D eigenvalue weighted by Crippen LogP contribution is -2.70. The number of carbonyl (C=O) groups is 2. The van der Waals surface area contributed by atoms with E-state index < -0.39 is 211 Å². The number of allylic oxidation sites excluding steroid dienone is 1. The van der Waals surface area contributed by atoms with Crippen LogP contribution in [-0.4, -0.2) is 299 Å². The summed E-state index contributed by atoms with van der Waals surface area (Å²) in [5, 5.41) is 182. The van der Waals surface area contributed by atoms with Gasteiger partial charge in [0.1, 0.15) is 122 Å². The fourth-order valence-electron chi connectivity index (χ4n) is 14.3. The van der Waals surface area contributed by atoms with E-state index in [1.165, 1.54) is 148 Å². The van der Waals surface area contributed by atoms with Crippen LogP contribution in [0.5, 0.6) is 0 Å². The van der Waals surface area contributed by atoms with Crippen molar-refractivity contribution in [1.82, 2.24) is 10.6 Å². The van der Waals surface area contributed by atoms with Crippen molar-refractivity contribution in [3.05, 3.63) is 12.2 Å². The molecule has 30 heteroatoms. The molecule has 2 amide bonds. The number of nitrogens with one attached hydrogen (secondary N) is 2. The maximum atomic E-state index is 13.5. The molecule has 0 saturated carbocycles. The minimum Gasteiger partial charge on any atom is -0.394 e. The zero-order valence-corrected chi connectivity index (χ0v) is 62.1. The Labute approximate surface area is 615 Å². The summed E-state index contributed by atoms with van der Waals surface area (Å²) in [5.41, 5.74) is 0. The van der Waals surface area contributed by atoms with Crippen LogP contribution in [0.4, 0.5) is 0 Å². The summed E-state index contributed by atoms with van der Waals surface area (Å²) in [6.45, 7) is 0.324. The molecule has 610 valence electrons. The summed E-state index contributed by atoms with van der Waals surface area (Å²) in [6.07, 6.45) is -3.55. The smallest absolute Gasteiger partial charge is 0.220 e. The molecular weight excluding hydrogens is 1360 g/mol. The first-order valence-electron chi connectivity index (χ1n) is 39.5. The van der Waals surface area contributed by atoms with Crippen molar-refractivity contribution in [2.45, 2.75) is 405 Å². The highest BCUT2D eigenvalue weighted by Gasteiger charge is 2.57. The molecule has 5 heterocycles. The second-order valence-corrected chi connectivity index (χ2v) is 29.2. The Hall–Kier alpha value is -2.36. The van der Waals surface area contributed by atoms with Gasteiger partial charge in [-0.05, 0) is 19.3 Å². The standard InChI is InChI=1S/C74H136N2O28/c1-4-6-8-10-12-14-16-18-19-20-21-22-23-24-25-27-29-31-33-35-37-39-54(84)76-47(48(83)38-36-34-32-30-28-26-17-15-13-11-9-7-5-2)45-95-71-63(92)61(90)66(53(44-81)100-71)101-73-65(94)69(59(88)52(43-80)98-73)104-74-64(93)68(58(87)51(42-79)99-74)103-70-55(75-46(3)82)67(57(86)50(41-78)96-70)102-72-62(91)60(89)56(85)49(40-77)97-72/h36,38,47-53,55-74,77-81,83,85-94H,4-35,37,39-45H2,1-3H3,(H,75,82)(H,76,84)/b38-36+/t47-,48+,49?,50?,51?,52?,53?,55?,56-,57-,58-,59-,60-,61+,62?,63?,64?,65?,66+,67+,68-,69-,70-,71+,72-,73-,74+/m0/s1. The molecule has 27 atom stereocenters. The third-order valence-electron chi connectivity index (χ3n) is 20.7. The van der Waals surface area contributed by atoms with Crippen molar-refractivity contribution < 1.29 is 139 Å². The van der Waals surface area contributed by atoms with Gasteiger partial charge in [-0.25, -0.2) is 0 Å². The van der Waals surface area contributed by atoms with Gasteiger partial charge in [0.05, 0.1) is 51.8 Å². The number of hydrogen-bond donors (Lipinski definition) is 18. The molecular formula is C74H136N2O28. The quantitative estimate of drug-likeness (QED) is 0.0306. The van der Waals surface area contributed by atoms with Gasteiger partial charge >= 0.3 is 0 Å². The first-order chi connectivity index (χ1) is 50.2. The minimum absolute atomic E-state index is 0.191. The highest BCUT2D eigenvalue weighted by Crippen LogP contribution is 2.37. The van der Waals surface area contributed by atoms with E-state index in [9.17, 15) is 91.3 Å². The predicted octanol–water partition coefficient (Wildman–Crippen LogP) is 1.95. The van der Waals surface area contributed by atoms with E-state index in [1.54, 1.807) is 6.08 Å². The van der Waals surface area contributed by atoms with Crippen LogP contribution in [0.25, 0.3) is 0 Å². The van der Waals surface area contributed by atoms with Crippen LogP contribution in [0.1, 0.15) is 239 Å². The van der Waals surface area contributed by atoms with Crippen LogP contribution in [0.2, 0.25) is 0 Å². The average Bonchev–Trinajstić information content (AvgIpc) is 0.772. The van der Waals surface area contributed by atoms with Gasteiger partial charge in [-0.1, -0.05) is 219 Å². The molecule has 5 saturated heterocycles. The molecule has 0 aromatic heterocycles. The van der Waals surface area contributed by atoms with Crippen molar-refractivity contribution in [3.63, 3.8) is 0 Å². The van der Waals surface area contributed by atoms with E-state index in [-0.39, 0.29) is 12.3 Å². The van der Waals surface area contributed by atoms with Gasteiger partial charge in [0, 0.05) is 13.3 Å². The van der Waals surface area contributed by atoms with Gasteiger partial charge in [0.25, 0.3) is 0 Å². The number of aliphatic hydroxyl groups is 16. The van der Waals surface area contributed by atoms with Crippen LogP contribution in [0.15, 0.2) is 12.2 Å². The summed E-state index contributed by atoms with van der Waals surface area (Å²) in [4.78, 5) is 26.3. The van der Waals surface area contributed by atoms with E-state index in [0.29, 0.717) is 12.8 Å². The Morgan fingerprint density at radius 3 is 1.13 bits per heavy atom. The van der Waals surface area contributed by atoms with E-state index in [4.69, 9.17) is 47.4 Å². The molecule has 0 spiro atoms. The third-order valence-corrected chi connectivity index (χ3v) is 20.7. The summed E-state index contributed by atoms with van der Waals surface area (Å²) >= 11 is 0. The largest absolute Gasteiger partial charge is 0.394 e. The maximum absolute atomic E-state index is 13.5. The zero-order chi connectivity index (χ0) is 75.9. The van der Waals surface area contributed by atoms with Crippen molar-refractivity contribution in [2.24, 2.45) is 0 Å². The molecule has 5 aliphatic heterocycles. The van der Waals surface area contributed by atoms with Gasteiger partial charge in [-0.2, -0.15) is 0 Å². The van der Waals surface area contributed by atoms with Gasteiger partial charge in [0.2, 0.25) is 11.8 Å². The van der Waals surface area contributed by atoms with Crippen LogP contribution < -0.4 is 10.6 Å². The number of hydrogen-bond acceptors (Lipinski definition) is 28. The van der Waals surface area contributed by atoms with Crippen molar-refractivity contribution in [3.8, 4) is 0 Å². The lowest BCUT2D eigenvalue weighted by molar-refractivity contribution is -0.390. The monoisotopic (exact) mass is 1500 g/mol. The van der Waals surface area contributed by atoms with Crippen molar-refractivity contribution >= 4 is 11.8 Å². The maximum Gasteiger partial charge on any atom is 0.220 e. The number of amides is 2. The summed E-state index contributed by atoms with van der Waals surface area (Å²) in [6, 6.07) is -2.77. The summed E-state index contributed by atoms with van der Waals surface area (Å²) in [5.74, 6) is -1.15. The Kier molecular flexibility index (Phi) is 46.1. The lowest BCUT2D eigenvalue weighted by atomic mass is 9.94. The number of unbranched alkanes of at least 4 members (excludes halogenated alkanes) is 31. The fourth-order valence-corrected chi connectivity index (χ4v) is 14.3. The first kappa shape index (κ1) is 92.2. The molecule has 0 radical (unpaired) electrons. The van der Waals surface area contributed by atoms with Gasteiger partial charge in [-0.15, -0.1) is 0 Å². The zero-order valence-electron chi connectivity index (χ0n) is 62.1. The van der Waals surface area contributed by atoms with Crippen molar-refractivity contribution in [1.29, 1.82) is 0 Å². The molecule has 0 aromatic carbocycles. The topological polar surface area (TPSA) is 474 Å². The second kappa shape index (κ2) is 52.0. The molecule has 0 bridgehead atoms. The molecule has 5 rings (SSSR count). The molecule has 0 aliphatic carbocycles. The molecule has 5 aliphatic rings. The van der Waals surface area contributed by atoms with E-state index in [1.807, 2.05) is 6.08 Å². The van der Waals surface area contributed by atoms with E-state index in [2.05, 4.69) is 24.5 Å². The highest BCUT2D eigenvalue weighted by molar-refractivity contribution is 5.76. The minimum atomic E-state index is -2.23. The molecule has 10 unspecified atom stereocenters. The van der Waals surface area contributed by atoms with Gasteiger partial charge in [0.15, 0.2) is 31.5 Å². The SMILES string of the molecule is CCCCCCCCCCCCC/C=C/[C@@H](O)[C@H](CO[C@@H]1OC(CO)[C@@H](O[C@@H]2OC(CO)[C@H](O)[C@H](O[C@H]3OC(CO)[C@H](O)[C@H](O[C@@H]4OC(CO)[C@H](O)[C@H](O[C@@H]5OC(CO)[C@H](O)[C@H](O)C5O)C4NC(C)=O)C3O)C2O)[C@H](O)C1O)NC(=O)CCCCCCCCCCCCCCCCCCCCCCC. The van der Waals surface area contributed by atoms with Crippen LogP contribution in [0.3, 0.4) is 0 Å². The van der Waals surface area contributed by atoms with E-state index >= 15 is 0 Å². The summed E-state index contributed by atoms with van der Waals surface area (Å²) in [7, 11) is 0. The normalized spacial score (nSPS) is 34.7. The first-order valence-corrected chi connectivity index (χ1v) is 39.5. The predicted molar refractivity (Wildman–Crippen MR) is 377 cm³/mol. The Morgan fingerprint density at radius 1 is 0.375 bits per heavy atom. The van der Waals surface area contributed by atoms with Gasteiger partial charge < -0.3 is 140 Å². The average molecular weight is 1500 g/mol. The van der Waals surface area contributed by atoms with Crippen LogP contribution in [0, 0.1) is 0 Å². The molecule has 5 fully saturated rings.